The summed E-state index contributed by atoms with van der Waals surface area (Å²) in [5.41, 5.74) is -1.16. The fourth-order valence-corrected chi connectivity index (χ4v) is 1.45. The van der Waals surface area contributed by atoms with Crippen LogP contribution in [0, 0.1) is 0 Å². The van der Waals surface area contributed by atoms with Gasteiger partial charge in [-0.1, -0.05) is 11.6 Å². The molecule has 0 radical (unpaired) electrons. The minimum atomic E-state index is -2.92. The molecule has 0 atom stereocenters. The van der Waals surface area contributed by atoms with Crippen molar-refractivity contribution in [3.63, 3.8) is 0 Å². The number of aromatic nitrogens is 1. The number of carbonyl (C=O) groups is 1. The van der Waals surface area contributed by atoms with Crippen molar-refractivity contribution < 1.29 is 18.3 Å². The molecule has 0 N–H and O–H groups in total. The molecule has 0 aliphatic carbocycles. The van der Waals surface area contributed by atoms with Crippen LogP contribution in [0.5, 0.6) is 5.88 Å². The number of nitrogens with zero attached hydrogens (tertiary/aromatic N) is 1. The number of methoxy groups -OCH3 is 1. The average Bonchev–Trinajstić information content (AvgIpc) is 2.16. The van der Waals surface area contributed by atoms with Crippen molar-refractivity contribution in [1.82, 2.24) is 4.98 Å². The lowest BCUT2D eigenvalue weighted by molar-refractivity contribution is 0.106. The quantitative estimate of drug-likeness (QED) is 0.780. The summed E-state index contributed by atoms with van der Waals surface area (Å²) in [4.78, 5) is 14.5. The first kappa shape index (κ1) is 12.1. The lowest BCUT2D eigenvalue weighted by Crippen LogP contribution is -2.05. The highest BCUT2D eigenvalue weighted by Crippen LogP contribution is 2.34. The number of rotatable bonds is 3. The van der Waals surface area contributed by atoms with Crippen molar-refractivity contribution in [3.8, 4) is 5.88 Å². The minimum absolute atomic E-state index is 0.269. The van der Waals surface area contributed by atoms with E-state index in [9.17, 15) is 13.6 Å². The van der Waals surface area contributed by atoms with Gasteiger partial charge in [0.2, 0.25) is 5.88 Å². The van der Waals surface area contributed by atoms with Gasteiger partial charge >= 0.3 is 0 Å². The zero-order valence-corrected chi connectivity index (χ0v) is 8.94. The molecule has 0 spiro atoms. The topological polar surface area (TPSA) is 39.2 Å². The van der Waals surface area contributed by atoms with Gasteiger partial charge < -0.3 is 4.74 Å². The minimum Gasteiger partial charge on any atom is -0.480 e. The van der Waals surface area contributed by atoms with Crippen molar-refractivity contribution >= 4 is 28.4 Å². The van der Waals surface area contributed by atoms with Crippen molar-refractivity contribution in [1.29, 1.82) is 0 Å². The third-order valence-corrected chi connectivity index (χ3v) is 2.13. The van der Waals surface area contributed by atoms with Crippen LogP contribution in [0.25, 0.3) is 0 Å². The standard InChI is InChI=1S/C8H5Cl2F2NO2/c1-15-8-5(6(10)14)4(7(11)12)3(9)2-13-8/h2,7H,1H3. The Bertz CT molecular complexity index is 398. The Hall–Kier alpha value is -0.940. The van der Waals surface area contributed by atoms with E-state index in [1.807, 2.05) is 0 Å². The van der Waals surface area contributed by atoms with Gasteiger partial charge in [-0.05, 0) is 11.6 Å². The molecule has 3 nitrogen and oxygen atoms in total. The van der Waals surface area contributed by atoms with Crippen LogP contribution in [0.15, 0.2) is 6.20 Å². The first-order valence-electron chi connectivity index (χ1n) is 3.69. The lowest BCUT2D eigenvalue weighted by atomic mass is 10.1. The van der Waals surface area contributed by atoms with Gasteiger partial charge in [0.1, 0.15) is 5.56 Å². The number of alkyl halides is 2. The second kappa shape index (κ2) is 4.72. The predicted octanol–water partition coefficient (Wildman–Crippen LogP) is 3.06. The molecule has 15 heavy (non-hydrogen) atoms. The highest BCUT2D eigenvalue weighted by molar-refractivity contribution is 6.68. The van der Waals surface area contributed by atoms with E-state index < -0.39 is 22.8 Å². The van der Waals surface area contributed by atoms with Gasteiger partial charge in [-0.15, -0.1) is 0 Å². The van der Waals surface area contributed by atoms with Crippen molar-refractivity contribution in [2.24, 2.45) is 0 Å². The maximum absolute atomic E-state index is 12.6. The lowest BCUT2D eigenvalue weighted by Gasteiger charge is -2.10. The molecule has 7 heteroatoms. The highest BCUT2D eigenvalue weighted by Gasteiger charge is 2.25. The van der Waals surface area contributed by atoms with Crippen molar-refractivity contribution in [3.05, 3.63) is 22.3 Å². The maximum atomic E-state index is 12.6. The first-order chi connectivity index (χ1) is 6.99. The molecule has 1 rings (SSSR count). The molecule has 0 unspecified atom stereocenters. The molecule has 1 aromatic rings. The molecule has 0 aliphatic rings. The average molecular weight is 256 g/mol. The van der Waals surface area contributed by atoms with Crippen LogP contribution in [0.2, 0.25) is 5.02 Å². The molecule has 0 amide bonds. The van der Waals surface area contributed by atoms with Crippen LogP contribution in [-0.4, -0.2) is 17.3 Å². The molecule has 0 bridgehead atoms. The van der Waals surface area contributed by atoms with E-state index >= 15 is 0 Å². The van der Waals surface area contributed by atoms with E-state index in [-0.39, 0.29) is 10.9 Å². The summed E-state index contributed by atoms with van der Waals surface area (Å²) >= 11 is 10.6. The largest absolute Gasteiger partial charge is 0.480 e. The fraction of sp³-hybridized carbons (Fsp3) is 0.250. The second-order valence-corrected chi connectivity index (χ2v) is 3.23. The van der Waals surface area contributed by atoms with E-state index in [1.54, 1.807) is 0 Å². The Morgan fingerprint density at radius 2 is 2.20 bits per heavy atom. The summed E-state index contributed by atoms with van der Waals surface area (Å²) in [5, 5.41) is -1.41. The zero-order valence-electron chi connectivity index (χ0n) is 7.43. The SMILES string of the molecule is COc1ncc(Cl)c(C(F)F)c1C(=O)Cl. The highest BCUT2D eigenvalue weighted by atomic mass is 35.5. The number of pyridine rings is 1. The monoisotopic (exact) mass is 255 g/mol. The Kier molecular flexibility index (Phi) is 3.82. The van der Waals surface area contributed by atoms with Gasteiger partial charge in [0.15, 0.2) is 0 Å². The van der Waals surface area contributed by atoms with Crippen LogP contribution < -0.4 is 4.74 Å². The molecular weight excluding hydrogens is 251 g/mol. The third-order valence-electron chi connectivity index (χ3n) is 1.64. The predicted molar refractivity (Wildman–Crippen MR) is 50.9 cm³/mol. The van der Waals surface area contributed by atoms with Crippen molar-refractivity contribution in [2.45, 2.75) is 6.43 Å². The molecule has 1 heterocycles. The molecule has 0 saturated heterocycles. The van der Waals surface area contributed by atoms with Crippen LogP contribution in [0.3, 0.4) is 0 Å². The number of ether oxygens (including phenoxy) is 1. The van der Waals surface area contributed by atoms with E-state index in [2.05, 4.69) is 9.72 Å². The van der Waals surface area contributed by atoms with Gasteiger partial charge in [0.25, 0.3) is 11.7 Å². The number of carbonyl (C=O) groups excluding carboxylic acids is 1. The van der Waals surface area contributed by atoms with Gasteiger partial charge in [0.05, 0.1) is 23.9 Å². The molecule has 0 aromatic carbocycles. The van der Waals surface area contributed by atoms with Crippen molar-refractivity contribution in [2.75, 3.05) is 7.11 Å². The summed E-state index contributed by atoms with van der Waals surface area (Å²) < 4.78 is 29.8. The molecule has 1 aromatic heterocycles. The van der Waals surface area contributed by atoms with Gasteiger partial charge in [0, 0.05) is 0 Å². The van der Waals surface area contributed by atoms with Crippen LogP contribution in [0.4, 0.5) is 8.78 Å². The summed E-state index contributed by atoms with van der Waals surface area (Å²) in [6.45, 7) is 0. The Morgan fingerprint density at radius 3 is 2.60 bits per heavy atom. The number of halogens is 4. The Balaban J connectivity index is 3.51. The van der Waals surface area contributed by atoms with Gasteiger partial charge in [-0.3, -0.25) is 4.79 Å². The van der Waals surface area contributed by atoms with Crippen LogP contribution in [-0.2, 0) is 0 Å². The summed E-state index contributed by atoms with van der Waals surface area (Å²) in [6.07, 6.45) is -1.95. The van der Waals surface area contributed by atoms with E-state index in [4.69, 9.17) is 23.2 Å². The summed E-state index contributed by atoms with van der Waals surface area (Å²) in [5.74, 6) is -0.269. The molecule has 0 fully saturated rings. The smallest absolute Gasteiger partial charge is 0.266 e. The van der Waals surface area contributed by atoms with Gasteiger partial charge in [-0.25, -0.2) is 13.8 Å². The Morgan fingerprint density at radius 1 is 1.60 bits per heavy atom. The normalized spacial score (nSPS) is 10.5. The summed E-state index contributed by atoms with van der Waals surface area (Å²) in [7, 11) is 1.19. The van der Waals surface area contributed by atoms with Crippen LogP contribution >= 0.6 is 23.2 Å². The number of hydrogen-bond donors (Lipinski definition) is 0. The van der Waals surface area contributed by atoms with E-state index in [1.165, 1.54) is 7.11 Å². The fourth-order valence-electron chi connectivity index (χ4n) is 1.04. The third kappa shape index (κ3) is 2.35. The van der Waals surface area contributed by atoms with E-state index in [0.717, 1.165) is 6.20 Å². The Labute approximate surface area is 94.0 Å². The second-order valence-electron chi connectivity index (χ2n) is 2.48. The molecular formula is C8H5Cl2F2NO2. The number of hydrogen-bond acceptors (Lipinski definition) is 3. The first-order valence-corrected chi connectivity index (χ1v) is 4.45. The maximum Gasteiger partial charge on any atom is 0.266 e. The molecule has 0 saturated carbocycles. The molecule has 0 aliphatic heterocycles. The molecule has 82 valence electrons. The zero-order chi connectivity index (χ0) is 11.6. The van der Waals surface area contributed by atoms with Crippen LogP contribution in [0.1, 0.15) is 22.3 Å². The summed E-state index contributed by atoms with van der Waals surface area (Å²) in [6, 6.07) is 0. The van der Waals surface area contributed by atoms with Gasteiger partial charge in [-0.2, -0.15) is 0 Å². The van der Waals surface area contributed by atoms with E-state index in [0.29, 0.717) is 0 Å².